The van der Waals surface area contributed by atoms with Gasteiger partial charge in [0.25, 0.3) is 0 Å². The molecule has 7 heteroatoms. The summed E-state index contributed by atoms with van der Waals surface area (Å²) in [6.07, 6.45) is 0.897. The van der Waals surface area contributed by atoms with Gasteiger partial charge < -0.3 is 9.64 Å². The van der Waals surface area contributed by atoms with Crippen molar-refractivity contribution in [3.05, 3.63) is 96.3 Å². The Bertz CT molecular complexity index is 1210. The Morgan fingerprint density at radius 3 is 2.44 bits per heavy atom. The van der Waals surface area contributed by atoms with Gasteiger partial charge in [0, 0.05) is 17.9 Å². The summed E-state index contributed by atoms with van der Waals surface area (Å²) < 4.78 is 7.86. The molecule has 0 saturated carbocycles. The molecular formula is C25H22N4O2S. The molecule has 1 aromatic heterocycles. The van der Waals surface area contributed by atoms with Crippen LogP contribution in [0.5, 0.6) is 5.75 Å². The monoisotopic (exact) mass is 442 g/mol. The fraction of sp³-hybridized carbons (Fsp3) is 0.160. The maximum absolute atomic E-state index is 13.0. The largest absolute Gasteiger partial charge is 0.486 e. The normalized spacial score (nSPS) is 12.6. The van der Waals surface area contributed by atoms with Crippen LogP contribution in [0, 0.1) is 0 Å². The van der Waals surface area contributed by atoms with E-state index in [0.29, 0.717) is 16.7 Å². The molecule has 0 radical (unpaired) electrons. The summed E-state index contributed by atoms with van der Waals surface area (Å²) in [5.41, 5.74) is 3.17. The van der Waals surface area contributed by atoms with Crippen molar-refractivity contribution in [2.24, 2.45) is 0 Å². The molecule has 0 fully saturated rings. The number of para-hydroxylation sites is 3. The van der Waals surface area contributed by atoms with E-state index in [9.17, 15) is 4.79 Å². The fourth-order valence-corrected chi connectivity index (χ4v) is 4.64. The second-order valence-electron chi connectivity index (χ2n) is 7.38. The van der Waals surface area contributed by atoms with E-state index >= 15 is 0 Å². The van der Waals surface area contributed by atoms with Crippen LogP contribution in [0.4, 0.5) is 5.69 Å². The molecule has 5 rings (SSSR count). The second-order valence-corrected chi connectivity index (χ2v) is 8.33. The topological polar surface area (TPSA) is 60.2 Å². The van der Waals surface area contributed by atoms with Gasteiger partial charge >= 0.3 is 0 Å². The highest BCUT2D eigenvalue weighted by Crippen LogP contribution is 2.29. The van der Waals surface area contributed by atoms with E-state index in [-0.39, 0.29) is 12.5 Å². The van der Waals surface area contributed by atoms with Crippen LogP contribution in [-0.2, 0) is 17.8 Å². The Balaban J connectivity index is 1.34. The Hall–Kier alpha value is -3.58. The van der Waals surface area contributed by atoms with Crippen molar-refractivity contribution in [1.29, 1.82) is 0 Å². The number of nitrogens with zero attached hydrogens (tertiary/aromatic N) is 4. The van der Waals surface area contributed by atoms with E-state index in [2.05, 4.69) is 16.3 Å². The number of benzene rings is 3. The number of amides is 1. The summed E-state index contributed by atoms with van der Waals surface area (Å²) in [5, 5.41) is 9.40. The summed E-state index contributed by atoms with van der Waals surface area (Å²) in [6.45, 7) is 1.00. The van der Waals surface area contributed by atoms with Gasteiger partial charge in [-0.05, 0) is 42.3 Å². The van der Waals surface area contributed by atoms with Crippen molar-refractivity contribution in [2.45, 2.75) is 18.2 Å². The van der Waals surface area contributed by atoms with Gasteiger partial charge in [0.2, 0.25) is 5.91 Å². The minimum atomic E-state index is 0.0737. The highest BCUT2D eigenvalue weighted by atomic mass is 32.2. The minimum Gasteiger partial charge on any atom is -0.486 e. The van der Waals surface area contributed by atoms with Crippen molar-refractivity contribution >= 4 is 23.4 Å². The fourth-order valence-electron chi connectivity index (χ4n) is 3.79. The molecule has 2 heterocycles. The average molecular weight is 443 g/mol. The van der Waals surface area contributed by atoms with Gasteiger partial charge in [-0.1, -0.05) is 66.4 Å². The van der Waals surface area contributed by atoms with Crippen LogP contribution in [0.3, 0.4) is 0 Å². The molecule has 0 spiro atoms. The molecule has 0 bridgehead atoms. The van der Waals surface area contributed by atoms with Crippen LogP contribution in [0.2, 0.25) is 0 Å². The number of ether oxygens (including phenoxy) is 1. The molecule has 3 aromatic carbocycles. The first kappa shape index (κ1) is 20.3. The van der Waals surface area contributed by atoms with E-state index in [4.69, 9.17) is 4.74 Å². The highest BCUT2D eigenvalue weighted by molar-refractivity contribution is 7.99. The Kier molecular flexibility index (Phi) is 5.89. The van der Waals surface area contributed by atoms with Crippen LogP contribution in [0.25, 0.3) is 5.69 Å². The first-order valence-corrected chi connectivity index (χ1v) is 11.5. The van der Waals surface area contributed by atoms with Crippen molar-refractivity contribution in [2.75, 3.05) is 17.2 Å². The number of fused-ring (bicyclic) bond motifs is 1. The van der Waals surface area contributed by atoms with E-state index in [1.807, 2.05) is 88.3 Å². The Morgan fingerprint density at radius 1 is 0.906 bits per heavy atom. The third kappa shape index (κ3) is 4.24. The van der Waals surface area contributed by atoms with Gasteiger partial charge in [-0.2, -0.15) is 0 Å². The molecule has 0 N–H and O–H groups in total. The molecule has 6 nitrogen and oxygen atoms in total. The lowest BCUT2D eigenvalue weighted by molar-refractivity contribution is -0.116. The highest BCUT2D eigenvalue weighted by Gasteiger charge is 2.25. The maximum Gasteiger partial charge on any atom is 0.237 e. The maximum atomic E-state index is 13.0. The van der Waals surface area contributed by atoms with Crippen molar-refractivity contribution in [3.8, 4) is 11.4 Å². The lowest BCUT2D eigenvalue weighted by Gasteiger charge is -2.17. The molecule has 4 aromatic rings. The van der Waals surface area contributed by atoms with E-state index in [1.54, 1.807) is 0 Å². The van der Waals surface area contributed by atoms with Crippen molar-refractivity contribution in [1.82, 2.24) is 14.8 Å². The summed E-state index contributed by atoms with van der Waals surface area (Å²) in [6, 6.07) is 27.6. The van der Waals surface area contributed by atoms with Crippen LogP contribution in [0.15, 0.2) is 90.1 Å². The number of thioether (sulfide) groups is 1. The molecule has 0 unspecified atom stereocenters. The number of hydrogen-bond donors (Lipinski definition) is 0. The predicted octanol–water partition coefficient (Wildman–Crippen LogP) is 4.53. The lowest BCUT2D eigenvalue weighted by atomic mass is 10.2. The van der Waals surface area contributed by atoms with Gasteiger partial charge in [-0.15, -0.1) is 10.2 Å². The molecule has 1 aliphatic heterocycles. The van der Waals surface area contributed by atoms with Gasteiger partial charge in [0.15, 0.2) is 11.0 Å². The van der Waals surface area contributed by atoms with E-state index in [1.165, 1.54) is 17.3 Å². The number of carbonyl (C=O) groups is 1. The lowest BCUT2D eigenvalue weighted by Crippen LogP contribution is -2.30. The molecular weight excluding hydrogens is 420 g/mol. The van der Waals surface area contributed by atoms with Gasteiger partial charge in [-0.25, -0.2) is 0 Å². The first-order valence-electron chi connectivity index (χ1n) is 10.5. The zero-order valence-electron chi connectivity index (χ0n) is 17.4. The number of anilines is 1. The summed E-state index contributed by atoms with van der Waals surface area (Å²) >= 11 is 1.40. The van der Waals surface area contributed by atoms with E-state index in [0.717, 1.165) is 30.1 Å². The smallest absolute Gasteiger partial charge is 0.237 e. The second kappa shape index (κ2) is 9.28. The van der Waals surface area contributed by atoms with Crippen LogP contribution >= 0.6 is 11.8 Å². The van der Waals surface area contributed by atoms with Crippen LogP contribution in [-0.4, -0.2) is 33.0 Å². The molecule has 0 atom stereocenters. The first-order chi connectivity index (χ1) is 15.8. The molecule has 0 saturated heterocycles. The standard InChI is InChI=1S/C25H22N4O2S/c30-24(28-16-15-19-9-7-8-14-22(19)28)18-32-25-27-26-23(17-31-21-12-5-2-6-13-21)29(25)20-10-3-1-4-11-20/h1-14H,15-18H2. The summed E-state index contributed by atoms with van der Waals surface area (Å²) in [7, 11) is 0. The quantitative estimate of drug-likeness (QED) is 0.394. The Labute approximate surface area is 190 Å². The molecule has 0 aliphatic carbocycles. The molecule has 32 heavy (non-hydrogen) atoms. The SMILES string of the molecule is O=C(CSc1nnc(COc2ccccc2)n1-c1ccccc1)N1CCc2ccccc21. The molecule has 1 amide bonds. The Morgan fingerprint density at radius 2 is 1.62 bits per heavy atom. The summed E-state index contributed by atoms with van der Waals surface area (Å²) in [4.78, 5) is 14.8. The third-order valence-corrected chi connectivity index (χ3v) is 6.25. The van der Waals surface area contributed by atoms with Crippen molar-refractivity contribution in [3.63, 3.8) is 0 Å². The van der Waals surface area contributed by atoms with Crippen LogP contribution < -0.4 is 9.64 Å². The molecule has 1 aliphatic rings. The van der Waals surface area contributed by atoms with Gasteiger partial charge in [0.1, 0.15) is 12.4 Å². The van der Waals surface area contributed by atoms with Gasteiger partial charge in [-0.3, -0.25) is 9.36 Å². The van der Waals surface area contributed by atoms with Crippen molar-refractivity contribution < 1.29 is 9.53 Å². The van der Waals surface area contributed by atoms with E-state index < -0.39 is 0 Å². The average Bonchev–Trinajstić information content (AvgIpc) is 3.47. The third-order valence-electron chi connectivity index (χ3n) is 5.34. The summed E-state index contributed by atoms with van der Waals surface area (Å²) in [5.74, 6) is 1.82. The zero-order chi connectivity index (χ0) is 21.8. The van der Waals surface area contributed by atoms with Crippen LogP contribution in [0.1, 0.15) is 11.4 Å². The number of hydrogen-bond acceptors (Lipinski definition) is 5. The predicted molar refractivity (Wildman–Crippen MR) is 125 cm³/mol. The van der Waals surface area contributed by atoms with Gasteiger partial charge in [0.05, 0.1) is 5.75 Å². The zero-order valence-corrected chi connectivity index (χ0v) is 18.2. The minimum absolute atomic E-state index is 0.0737. The number of aromatic nitrogens is 3. The number of rotatable bonds is 7. The number of carbonyl (C=O) groups excluding carboxylic acids is 1. The molecule has 160 valence electrons.